The number of carbonyl (C=O) groups excluding carboxylic acids is 1. The molecule has 0 atom stereocenters. The van der Waals surface area contributed by atoms with Gasteiger partial charge in [-0.1, -0.05) is 6.07 Å². The monoisotopic (exact) mass is 266 g/mol. The zero-order valence-corrected chi connectivity index (χ0v) is 12.0. The molecular formula is C14H22N2O3. The Morgan fingerprint density at radius 2 is 2.05 bits per heavy atom. The summed E-state index contributed by atoms with van der Waals surface area (Å²) >= 11 is 0. The second-order valence-electron chi connectivity index (χ2n) is 4.51. The maximum Gasteiger partial charge on any atom is 0.340 e. The van der Waals surface area contributed by atoms with Crippen molar-refractivity contribution in [3.05, 3.63) is 23.8 Å². The van der Waals surface area contributed by atoms with Gasteiger partial charge in [-0.2, -0.15) is 0 Å². The number of methoxy groups -OCH3 is 2. The van der Waals surface area contributed by atoms with Gasteiger partial charge in [0.25, 0.3) is 0 Å². The first-order valence-corrected chi connectivity index (χ1v) is 6.25. The van der Waals surface area contributed by atoms with Gasteiger partial charge in [-0.3, -0.25) is 0 Å². The Balaban J connectivity index is 3.23. The average Bonchev–Trinajstić information content (AvgIpc) is 2.39. The highest BCUT2D eigenvalue weighted by Crippen LogP contribution is 2.30. The lowest BCUT2D eigenvalue weighted by molar-refractivity contribution is 0.0601. The number of para-hydroxylation sites is 1. The highest BCUT2D eigenvalue weighted by Gasteiger charge is 2.21. The second-order valence-corrected chi connectivity index (χ2v) is 4.51. The second kappa shape index (κ2) is 6.99. The minimum absolute atomic E-state index is 0.197. The van der Waals surface area contributed by atoms with Crippen LogP contribution in [0.25, 0.3) is 0 Å². The molecule has 0 saturated heterocycles. The maximum atomic E-state index is 11.9. The van der Waals surface area contributed by atoms with Crippen LogP contribution in [0.2, 0.25) is 0 Å². The Kier molecular flexibility index (Phi) is 5.63. The molecule has 5 nitrogen and oxygen atoms in total. The van der Waals surface area contributed by atoms with Gasteiger partial charge in [-0.25, -0.2) is 4.79 Å². The third kappa shape index (κ3) is 3.61. The number of hydrogen-bond acceptors (Lipinski definition) is 5. The summed E-state index contributed by atoms with van der Waals surface area (Å²) in [5.41, 5.74) is 7.79. The van der Waals surface area contributed by atoms with E-state index in [1.165, 1.54) is 7.11 Å². The highest BCUT2D eigenvalue weighted by molar-refractivity contribution is 5.99. The summed E-state index contributed by atoms with van der Waals surface area (Å²) in [6, 6.07) is 5.45. The van der Waals surface area contributed by atoms with Crippen LogP contribution in [-0.2, 0) is 9.47 Å². The third-order valence-electron chi connectivity index (χ3n) is 2.92. The smallest absolute Gasteiger partial charge is 0.340 e. The van der Waals surface area contributed by atoms with E-state index in [9.17, 15) is 4.79 Å². The zero-order chi connectivity index (χ0) is 14.4. The topological polar surface area (TPSA) is 64.8 Å². The molecule has 0 radical (unpaired) electrons. The largest absolute Gasteiger partial charge is 0.465 e. The zero-order valence-electron chi connectivity index (χ0n) is 12.0. The average molecular weight is 266 g/mol. The first-order valence-electron chi connectivity index (χ1n) is 6.25. The molecular weight excluding hydrogens is 244 g/mol. The van der Waals surface area contributed by atoms with Gasteiger partial charge >= 0.3 is 5.97 Å². The van der Waals surface area contributed by atoms with E-state index < -0.39 is 0 Å². The van der Waals surface area contributed by atoms with E-state index in [-0.39, 0.29) is 12.0 Å². The number of carbonyl (C=O) groups is 1. The van der Waals surface area contributed by atoms with E-state index in [2.05, 4.69) is 0 Å². The van der Waals surface area contributed by atoms with Gasteiger partial charge < -0.3 is 20.1 Å². The van der Waals surface area contributed by atoms with Crippen LogP contribution < -0.4 is 10.6 Å². The fourth-order valence-corrected chi connectivity index (χ4v) is 1.97. The molecule has 19 heavy (non-hydrogen) atoms. The van der Waals surface area contributed by atoms with Crippen LogP contribution in [0.5, 0.6) is 0 Å². The Labute approximate surface area is 114 Å². The summed E-state index contributed by atoms with van der Waals surface area (Å²) in [5.74, 6) is -0.384. The van der Waals surface area contributed by atoms with Gasteiger partial charge in [-0.05, 0) is 26.0 Å². The van der Waals surface area contributed by atoms with Crippen LogP contribution >= 0.6 is 0 Å². The summed E-state index contributed by atoms with van der Waals surface area (Å²) in [6.45, 7) is 5.31. The quantitative estimate of drug-likeness (QED) is 0.629. The molecule has 1 aromatic carbocycles. The number of ether oxygens (including phenoxy) is 2. The van der Waals surface area contributed by atoms with Crippen LogP contribution in [0.1, 0.15) is 24.2 Å². The van der Waals surface area contributed by atoms with Gasteiger partial charge in [0, 0.05) is 19.7 Å². The number of benzene rings is 1. The number of nitrogens with two attached hydrogens (primary N) is 1. The Bertz CT molecular complexity index is 433. The van der Waals surface area contributed by atoms with Crippen molar-refractivity contribution < 1.29 is 14.3 Å². The third-order valence-corrected chi connectivity index (χ3v) is 2.92. The molecule has 1 rings (SSSR count). The summed E-state index contributed by atoms with van der Waals surface area (Å²) in [7, 11) is 3.01. The minimum Gasteiger partial charge on any atom is -0.465 e. The molecule has 5 heteroatoms. The first-order chi connectivity index (χ1) is 9.02. The van der Waals surface area contributed by atoms with E-state index in [1.54, 1.807) is 25.3 Å². The van der Waals surface area contributed by atoms with Crippen LogP contribution in [0.4, 0.5) is 11.4 Å². The van der Waals surface area contributed by atoms with Crippen molar-refractivity contribution in [2.75, 3.05) is 38.0 Å². The molecule has 106 valence electrons. The Morgan fingerprint density at radius 3 is 2.58 bits per heavy atom. The van der Waals surface area contributed by atoms with E-state index >= 15 is 0 Å². The predicted octanol–water partition coefficient (Wildman–Crippen LogP) is 1.92. The summed E-state index contributed by atoms with van der Waals surface area (Å²) < 4.78 is 9.93. The van der Waals surface area contributed by atoms with Gasteiger partial charge in [0.05, 0.1) is 30.7 Å². The normalized spacial score (nSPS) is 10.6. The number of rotatable bonds is 6. The lowest BCUT2D eigenvalue weighted by Crippen LogP contribution is -2.35. The first kappa shape index (κ1) is 15.3. The molecule has 0 unspecified atom stereocenters. The van der Waals surface area contributed by atoms with E-state index in [4.69, 9.17) is 15.2 Å². The van der Waals surface area contributed by atoms with Crippen molar-refractivity contribution in [1.82, 2.24) is 0 Å². The van der Waals surface area contributed by atoms with Crippen molar-refractivity contribution in [3.63, 3.8) is 0 Å². The molecule has 0 aromatic heterocycles. The van der Waals surface area contributed by atoms with Crippen molar-refractivity contribution in [2.45, 2.75) is 19.9 Å². The Hall–Kier alpha value is -1.75. The molecule has 0 aliphatic carbocycles. The van der Waals surface area contributed by atoms with Gasteiger partial charge in [-0.15, -0.1) is 0 Å². The van der Waals surface area contributed by atoms with Crippen LogP contribution in [0.3, 0.4) is 0 Å². The van der Waals surface area contributed by atoms with Crippen molar-refractivity contribution in [1.29, 1.82) is 0 Å². The molecule has 0 fully saturated rings. The number of anilines is 2. The molecule has 0 saturated carbocycles. The lowest BCUT2D eigenvalue weighted by atomic mass is 10.1. The Morgan fingerprint density at radius 1 is 1.37 bits per heavy atom. The standard InChI is InChI=1S/C14H22N2O3/c1-10(2)16(8-9-18-3)13-11(14(17)19-4)6-5-7-12(13)15/h5-7,10H,8-9,15H2,1-4H3. The summed E-state index contributed by atoms with van der Waals surface area (Å²) in [5, 5.41) is 0. The molecule has 0 heterocycles. The van der Waals surface area contributed by atoms with Crippen LogP contribution in [0, 0.1) is 0 Å². The summed E-state index contributed by atoms with van der Waals surface area (Å²) in [4.78, 5) is 13.9. The number of nitrogen functional groups attached to an aromatic ring is 1. The molecule has 0 spiro atoms. The fraction of sp³-hybridized carbons (Fsp3) is 0.500. The minimum atomic E-state index is -0.384. The lowest BCUT2D eigenvalue weighted by Gasteiger charge is -2.31. The van der Waals surface area contributed by atoms with Crippen molar-refractivity contribution in [3.8, 4) is 0 Å². The van der Waals surface area contributed by atoms with Gasteiger partial charge in [0.15, 0.2) is 0 Å². The SMILES string of the molecule is COCCN(c1c(N)cccc1C(=O)OC)C(C)C. The number of hydrogen-bond donors (Lipinski definition) is 1. The van der Waals surface area contributed by atoms with E-state index in [0.717, 1.165) is 0 Å². The van der Waals surface area contributed by atoms with Crippen LogP contribution in [0.15, 0.2) is 18.2 Å². The summed E-state index contributed by atoms with van der Waals surface area (Å²) in [6.07, 6.45) is 0. The van der Waals surface area contributed by atoms with Crippen molar-refractivity contribution in [2.24, 2.45) is 0 Å². The molecule has 0 aliphatic heterocycles. The molecule has 2 N–H and O–H groups in total. The predicted molar refractivity (Wildman–Crippen MR) is 76.6 cm³/mol. The molecule has 0 aliphatic rings. The van der Waals surface area contributed by atoms with Crippen LogP contribution in [-0.4, -0.2) is 39.4 Å². The fourth-order valence-electron chi connectivity index (χ4n) is 1.97. The molecule has 0 bridgehead atoms. The number of nitrogens with zero attached hydrogens (tertiary/aromatic N) is 1. The molecule has 0 amide bonds. The van der Waals surface area contributed by atoms with E-state index in [0.29, 0.717) is 30.1 Å². The highest BCUT2D eigenvalue weighted by atomic mass is 16.5. The maximum absolute atomic E-state index is 11.9. The molecule has 1 aromatic rings. The van der Waals surface area contributed by atoms with Gasteiger partial charge in [0.2, 0.25) is 0 Å². The number of esters is 1. The van der Waals surface area contributed by atoms with Crippen molar-refractivity contribution >= 4 is 17.3 Å². The van der Waals surface area contributed by atoms with E-state index in [1.807, 2.05) is 18.7 Å². The van der Waals surface area contributed by atoms with Gasteiger partial charge in [0.1, 0.15) is 0 Å².